The Bertz CT molecular complexity index is 1060. The summed E-state index contributed by atoms with van der Waals surface area (Å²) in [6.07, 6.45) is 1.47. The predicted octanol–water partition coefficient (Wildman–Crippen LogP) is -0.175. The van der Waals surface area contributed by atoms with E-state index in [4.69, 9.17) is 4.42 Å². The van der Waals surface area contributed by atoms with Crippen LogP contribution >= 0.6 is 0 Å². The maximum Gasteiger partial charge on any atom is 1.00 e. The number of aromatic hydroxyl groups is 1. The predicted molar refractivity (Wildman–Crippen MR) is 81.5 cm³/mol. The molecule has 124 valence electrons. The number of aromatic nitrogens is 1. The van der Waals surface area contributed by atoms with Gasteiger partial charge in [-0.05, 0) is 24.3 Å². The van der Waals surface area contributed by atoms with Crippen LogP contribution < -0.4 is 33.7 Å². The van der Waals surface area contributed by atoms with Gasteiger partial charge < -0.3 is 18.3 Å². The fourth-order valence-corrected chi connectivity index (χ4v) is 2.48. The Balaban J connectivity index is 0.00000225. The van der Waals surface area contributed by atoms with Crippen LogP contribution in [0, 0.1) is 5.82 Å². The van der Waals surface area contributed by atoms with Gasteiger partial charge in [0.1, 0.15) is 11.3 Å². The van der Waals surface area contributed by atoms with Crippen molar-refractivity contribution < 1.29 is 60.6 Å². The molecule has 0 aliphatic heterocycles. The van der Waals surface area contributed by atoms with Gasteiger partial charge >= 0.3 is 29.6 Å². The van der Waals surface area contributed by atoms with Crippen LogP contribution in [-0.4, -0.2) is 23.1 Å². The minimum absolute atomic E-state index is 0. The number of phenols is 1. The quantitative estimate of drug-likeness (QED) is 0.384. The van der Waals surface area contributed by atoms with E-state index in [0.717, 1.165) is 12.1 Å². The molecule has 0 unspecified atom stereocenters. The molecule has 1 aromatic heterocycles. The molecule has 0 fully saturated rings. The van der Waals surface area contributed by atoms with Crippen LogP contribution in [0.25, 0.3) is 28.6 Å². The van der Waals surface area contributed by atoms with Gasteiger partial charge in [0.25, 0.3) is 10.4 Å². The van der Waals surface area contributed by atoms with Crippen LogP contribution in [-0.2, 0) is 10.4 Å². The first-order chi connectivity index (χ1) is 11.3. The molecule has 3 aromatic rings. The second-order valence-electron chi connectivity index (χ2n) is 4.74. The molecular formula is C15H9FNNaO6S. The molecule has 0 bridgehead atoms. The molecule has 0 saturated heterocycles. The van der Waals surface area contributed by atoms with E-state index in [0.29, 0.717) is 16.7 Å². The Kier molecular flexibility index (Phi) is 5.55. The van der Waals surface area contributed by atoms with E-state index >= 15 is 0 Å². The van der Waals surface area contributed by atoms with Crippen molar-refractivity contribution in [1.82, 2.24) is 4.98 Å². The minimum atomic E-state index is -5.08. The van der Waals surface area contributed by atoms with Crippen molar-refractivity contribution in [3.8, 4) is 23.0 Å². The number of fused-ring (bicyclic) bond motifs is 1. The van der Waals surface area contributed by atoms with Crippen molar-refractivity contribution in [1.29, 1.82) is 0 Å². The smallest absolute Gasteiger partial charge is 0.716 e. The number of hydrogen-bond acceptors (Lipinski definition) is 7. The maximum atomic E-state index is 13.9. The zero-order valence-corrected chi connectivity index (χ0v) is 15.7. The average molecular weight is 373 g/mol. The van der Waals surface area contributed by atoms with E-state index in [1.54, 1.807) is 0 Å². The Morgan fingerprint density at radius 3 is 2.64 bits per heavy atom. The molecule has 3 rings (SSSR count). The molecule has 1 N–H and O–H groups in total. The summed E-state index contributed by atoms with van der Waals surface area (Å²) in [4.78, 5) is 4.14. The largest absolute Gasteiger partial charge is 1.00 e. The number of phenolic OH excluding ortho intramolecular Hbond substituents is 1. The van der Waals surface area contributed by atoms with Gasteiger partial charge in [-0.1, -0.05) is 12.7 Å². The summed E-state index contributed by atoms with van der Waals surface area (Å²) in [6, 6.07) is 5.97. The topological polar surface area (TPSA) is 113 Å². The molecule has 0 saturated carbocycles. The van der Waals surface area contributed by atoms with E-state index in [2.05, 4.69) is 15.7 Å². The van der Waals surface area contributed by atoms with E-state index < -0.39 is 22.0 Å². The van der Waals surface area contributed by atoms with Gasteiger partial charge in [-0.15, -0.1) is 0 Å². The molecule has 0 radical (unpaired) electrons. The summed E-state index contributed by atoms with van der Waals surface area (Å²) < 4.78 is 55.0. The molecule has 2 aromatic carbocycles. The Morgan fingerprint density at radius 1 is 1.32 bits per heavy atom. The molecule has 0 atom stereocenters. The fraction of sp³-hybridized carbons (Fsp3) is 0. The number of rotatable bonds is 4. The first-order valence-electron chi connectivity index (χ1n) is 6.48. The van der Waals surface area contributed by atoms with Crippen molar-refractivity contribution >= 4 is 27.6 Å². The van der Waals surface area contributed by atoms with Gasteiger partial charge in [0.15, 0.2) is 17.1 Å². The molecule has 0 aliphatic rings. The van der Waals surface area contributed by atoms with E-state index in [9.17, 15) is 22.5 Å². The van der Waals surface area contributed by atoms with Gasteiger partial charge in [0, 0.05) is 17.2 Å². The summed E-state index contributed by atoms with van der Waals surface area (Å²) in [5.41, 5.74) is 1.37. The fourth-order valence-electron chi connectivity index (χ4n) is 2.13. The van der Waals surface area contributed by atoms with Crippen molar-refractivity contribution in [2.24, 2.45) is 0 Å². The maximum absolute atomic E-state index is 13.9. The van der Waals surface area contributed by atoms with Crippen molar-refractivity contribution in [3.63, 3.8) is 0 Å². The van der Waals surface area contributed by atoms with Crippen molar-refractivity contribution in [2.75, 3.05) is 0 Å². The third-order valence-electron chi connectivity index (χ3n) is 3.09. The van der Waals surface area contributed by atoms with Crippen LogP contribution in [0.1, 0.15) is 5.56 Å². The zero-order chi connectivity index (χ0) is 17.5. The average Bonchev–Trinajstić information content (AvgIpc) is 2.90. The summed E-state index contributed by atoms with van der Waals surface area (Å²) in [5, 5.41) is 9.62. The summed E-state index contributed by atoms with van der Waals surface area (Å²) in [7, 11) is -5.08. The van der Waals surface area contributed by atoms with Gasteiger partial charge in [-0.2, -0.15) is 0 Å². The Labute approximate surface area is 164 Å². The molecule has 0 amide bonds. The second-order valence-corrected chi connectivity index (χ2v) is 5.73. The van der Waals surface area contributed by atoms with Gasteiger partial charge in [-0.25, -0.2) is 17.8 Å². The van der Waals surface area contributed by atoms with Crippen molar-refractivity contribution in [3.05, 3.63) is 48.3 Å². The van der Waals surface area contributed by atoms with Crippen LogP contribution in [0.15, 0.2) is 41.3 Å². The van der Waals surface area contributed by atoms with Gasteiger partial charge in [-0.3, -0.25) is 0 Å². The molecule has 0 spiro atoms. The van der Waals surface area contributed by atoms with E-state index in [-0.39, 0.29) is 46.8 Å². The number of oxazole rings is 1. The minimum Gasteiger partial charge on any atom is -0.716 e. The number of benzene rings is 2. The summed E-state index contributed by atoms with van der Waals surface area (Å²) >= 11 is 0. The first kappa shape index (κ1) is 19.4. The standard InChI is InChI=1S/C15H10FNO6S.Na/c1-2-8-5-10(18)7-12-14(8)22-15(17-12)9-3-4-13(11(16)6-9)23-24(19,20)21;/h2-7,18H,1H2,(H,19,20,21);/q;+1/p-1. The van der Waals surface area contributed by atoms with Crippen LogP contribution in [0.4, 0.5) is 4.39 Å². The van der Waals surface area contributed by atoms with E-state index in [1.807, 2.05) is 0 Å². The number of nitrogens with zero attached hydrogens (tertiary/aromatic N) is 1. The normalized spacial score (nSPS) is 11.1. The number of hydrogen-bond donors (Lipinski definition) is 1. The molecule has 25 heavy (non-hydrogen) atoms. The SMILES string of the molecule is C=Cc1cc(O)cc2nc(-c3ccc(OS(=O)(=O)[O-])c(F)c3)oc12.[Na+]. The van der Waals surface area contributed by atoms with Crippen LogP contribution in [0.3, 0.4) is 0 Å². The van der Waals surface area contributed by atoms with Crippen molar-refractivity contribution in [2.45, 2.75) is 0 Å². The Hall–Kier alpha value is -1.91. The van der Waals surface area contributed by atoms with E-state index in [1.165, 1.54) is 24.3 Å². The second kappa shape index (κ2) is 7.14. The summed E-state index contributed by atoms with van der Waals surface area (Å²) in [6.45, 7) is 3.60. The molecular weight excluding hydrogens is 364 g/mol. The summed E-state index contributed by atoms with van der Waals surface area (Å²) in [5.74, 6) is -1.79. The van der Waals surface area contributed by atoms with Crippen LogP contribution in [0.5, 0.6) is 11.5 Å². The monoisotopic (exact) mass is 373 g/mol. The third kappa shape index (κ3) is 4.20. The zero-order valence-electron chi connectivity index (χ0n) is 12.9. The van der Waals surface area contributed by atoms with Crippen LogP contribution in [0.2, 0.25) is 0 Å². The van der Waals surface area contributed by atoms with Gasteiger partial charge in [0.05, 0.1) is 0 Å². The van der Waals surface area contributed by atoms with Gasteiger partial charge in [0.2, 0.25) is 5.89 Å². The third-order valence-corrected chi connectivity index (χ3v) is 3.48. The molecule has 1 heterocycles. The number of halogens is 1. The Morgan fingerprint density at radius 2 is 2.04 bits per heavy atom. The molecule has 0 aliphatic carbocycles. The first-order valence-corrected chi connectivity index (χ1v) is 7.81. The molecule has 7 nitrogen and oxygen atoms in total. The molecule has 10 heteroatoms.